The first-order valence-electron chi connectivity index (χ1n) is 4.14. The molecule has 2 aliphatic carbocycles. The van der Waals surface area contributed by atoms with E-state index in [1.54, 1.807) is 6.92 Å². The molecule has 13 heavy (non-hydrogen) atoms. The maximum atomic E-state index is 3.25. The molecule has 0 aromatic heterocycles. The van der Waals surface area contributed by atoms with E-state index in [9.17, 15) is 0 Å². The number of allylic oxidation sites excluding steroid dienone is 8. The molecule has 0 aromatic rings. The molecule has 0 N–H and O–H groups in total. The Balaban J connectivity index is 0. The van der Waals surface area contributed by atoms with E-state index < -0.39 is 0 Å². The molecule has 1 heteroatoms. The Morgan fingerprint density at radius 3 is 1.38 bits per heavy atom. The van der Waals surface area contributed by atoms with Gasteiger partial charge < -0.3 is 6.92 Å². The Kier molecular flexibility index (Phi) is 16.2. The van der Waals surface area contributed by atoms with Gasteiger partial charge in [-0.1, -0.05) is 0 Å². The standard InChI is InChI=1S/2C5H5.C2H5.Fe/c2*1-2-4-5-3-1;1-2;/h2*1-3H,4H2;1H2,2H3;/q3*-1;+3. The van der Waals surface area contributed by atoms with E-state index in [-0.39, 0.29) is 17.1 Å². The Morgan fingerprint density at radius 2 is 1.31 bits per heavy atom. The van der Waals surface area contributed by atoms with Gasteiger partial charge in [0.1, 0.15) is 0 Å². The van der Waals surface area contributed by atoms with Crippen LogP contribution in [0.4, 0.5) is 0 Å². The van der Waals surface area contributed by atoms with E-state index in [2.05, 4.69) is 31.2 Å². The summed E-state index contributed by atoms with van der Waals surface area (Å²) in [4.78, 5) is 0. The van der Waals surface area contributed by atoms with Gasteiger partial charge in [0.15, 0.2) is 0 Å². The van der Waals surface area contributed by atoms with Gasteiger partial charge in [-0.3, -0.25) is 12.2 Å². The van der Waals surface area contributed by atoms with E-state index in [0.29, 0.717) is 0 Å². The summed E-state index contributed by atoms with van der Waals surface area (Å²) in [6.45, 7) is 5.00. The van der Waals surface area contributed by atoms with Crippen LogP contribution in [0.15, 0.2) is 36.5 Å². The van der Waals surface area contributed by atoms with Gasteiger partial charge in [0.2, 0.25) is 0 Å². The zero-order chi connectivity index (χ0) is 9.07. The van der Waals surface area contributed by atoms with E-state index >= 15 is 0 Å². The van der Waals surface area contributed by atoms with E-state index in [4.69, 9.17) is 0 Å². The predicted octanol–water partition coefficient (Wildman–Crippen LogP) is 3.45. The summed E-state index contributed by atoms with van der Waals surface area (Å²) in [5.41, 5.74) is 0. The molecule has 0 fully saturated rings. The monoisotopic (exact) mass is 215 g/mol. The molecule has 0 heterocycles. The Bertz CT molecular complexity index is 143. The van der Waals surface area contributed by atoms with Crippen molar-refractivity contribution in [2.45, 2.75) is 19.8 Å². The molecular weight excluding hydrogens is 200 g/mol. The van der Waals surface area contributed by atoms with Crippen molar-refractivity contribution in [1.82, 2.24) is 0 Å². The zero-order valence-electron chi connectivity index (χ0n) is 7.94. The minimum Gasteiger partial charge on any atom is -0.346 e. The van der Waals surface area contributed by atoms with E-state index in [0.717, 1.165) is 12.8 Å². The van der Waals surface area contributed by atoms with Gasteiger partial charge >= 0.3 is 17.1 Å². The van der Waals surface area contributed by atoms with Crippen LogP contribution >= 0.6 is 0 Å². The summed E-state index contributed by atoms with van der Waals surface area (Å²) < 4.78 is 0. The Labute approximate surface area is 92.6 Å². The van der Waals surface area contributed by atoms with Crippen molar-refractivity contribution in [2.24, 2.45) is 0 Å². The van der Waals surface area contributed by atoms with Crippen molar-refractivity contribution in [3.8, 4) is 0 Å². The number of rotatable bonds is 0. The quantitative estimate of drug-likeness (QED) is 0.428. The molecule has 71 valence electrons. The van der Waals surface area contributed by atoms with Gasteiger partial charge in [-0.25, -0.2) is 24.3 Å². The summed E-state index contributed by atoms with van der Waals surface area (Å²) in [7, 11) is 0. The fourth-order valence-corrected chi connectivity index (χ4v) is 0.680. The van der Waals surface area contributed by atoms with Crippen molar-refractivity contribution in [3.63, 3.8) is 0 Å². The predicted molar refractivity (Wildman–Crippen MR) is 54.2 cm³/mol. The molecule has 0 saturated heterocycles. The first-order chi connectivity index (χ1) is 6.00. The number of hydrogen-bond donors (Lipinski definition) is 0. The first-order valence-corrected chi connectivity index (χ1v) is 4.14. The molecule has 0 aromatic carbocycles. The van der Waals surface area contributed by atoms with Crippen LogP contribution in [0.1, 0.15) is 19.8 Å². The summed E-state index contributed by atoms with van der Waals surface area (Å²) in [5.74, 6) is 0. The average molecular weight is 215 g/mol. The van der Waals surface area contributed by atoms with Gasteiger partial charge in [-0.2, -0.15) is 19.1 Å². The smallest absolute Gasteiger partial charge is 0.346 e. The maximum Gasteiger partial charge on any atom is 3.00 e. The SMILES string of the molecule is [C-]1=CC=CC1.[C-]1=CC=CC1.[CH2-]C.[Fe+3]. The molecule has 0 nitrogen and oxygen atoms in total. The summed E-state index contributed by atoms with van der Waals surface area (Å²) in [6, 6.07) is 0. The van der Waals surface area contributed by atoms with Crippen LogP contribution in [-0.4, -0.2) is 0 Å². The van der Waals surface area contributed by atoms with Crippen LogP contribution in [0.3, 0.4) is 0 Å². The molecule has 1 radical (unpaired) electrons. The van der Waals surface area contributed by atoms with E-state index in [1.165, 1.54) is 0 Å². The van der Waals surface area contributed by atoms with Gasteiger partial charge in [-0.05, 0) is 0 Å². The summed E-state index contributed by atoms with van der Waals surface area (Å²) in [6.07, 6.45) is 20.0. The van der Waals surface area contributed by atoms with Gasteiger partial charge in [0, 0.05) is 0 Å². The molecular formula is C12H15Fe. The summed E-state index contributed by atoms with van der Waals surface area (Å²) >= 11 is 0. The zero-order valence-corrected chi connectivity index (χ0v) is 9.04. The minimum atomic E-state index is 0. The Hall–Kier alpha value is -0.521. The molecule has 0 aliphatic heterocycles. The third-order valence-electron chi connectivity index (χ3n) is 1.17. The molecule has 0 bridgehead atoms. The van der Waals surface area contributed by atoms with Gasteiger partial charge in [-0.15, -0.1) is 12.8 Å². The third-order valence-corrected chi connectivity index (χ3v) is 1.17. The molecule has 0 unspecified atom stereocenters. The molecule has 0 atom stereocenters. The second-order valence-corrected chi connectivity index (χ2v) is 2.01. The van der Waals surface area contributed by atoms with Crippen LogP contribution in [0.2, 0.25) is 0 Å². The fraction of sp³-hybridized carbons (Fsp3) is 0.250. The topological polar surface area (TPSA) is 0 Å². The average Bonchev–Trinajstić information content (AvgIpc) is 2.87. The number of hydrogen-bond acceptors (Lipinski definition) is 0. The van der Waals surface area contributed by atoms with Crippen molar-refractivity contribution in [3.05, 3.63) is 55.5 Å². The van der Waals surface area contributed by atoms with Crippen LogP contribution in [0, 0.1) is 19.1 Å². The maximum absolute atomic E-state index is 3.25. The molecule has 0 spiro atoms. The molecule has 0 saturated carbocycles. The third kappa shape index (κ3) is 11.5. The molecule has 2 aliphatic rings. The van der Waals surface area contributed by atoms with Crippen molar-refractivity contribution < 1.29 is 17.1 Å². The van der Waals surface area contributed by atoms with Gasteiger partial charge in [0.05, 0.1) is 0 Å². The normalized spacial score (nSPS) is 14.0. The first kappa shape index (κ1) is 15.0. The molecule has 2 rings (SSSR count). The van der Waals surface area contributed by atoms with Crippen molar-refractivity contribution in [1.29, 1.82) is 0 Å². The minimum absolute atomic E-state index is 0. The Morgan fingerprint density at radius 1 is 0.923 bits per heavy atom. The second-order valence-electron chi connectivity index (χ2n) is 2.01. The van der Waals surface area contributed by atoms with Crippen molar-refractivity contribution >= 4 is 0 Å². The fourth-order valence-electron chi connectivity index (χ4n) is 0.680. The van der Waals surface area contributed by atoms with E-state index in [1.807, 2.05) is 24.3 Å². The van der Waals surface area contributed by atoms with Crippen LogP contribution in [0.5, 0.6) is 0 Å². The van der Waals surface area contributed by atoms with Crippen molar-refractivity contribution in [2.75, 3.05) is 0 Å². The van der Waals surface area contributed by atoms with Crippen LogP contribution in [0.25, 0.3) is 0 Å². The van der Waals surface area contributed by atoms with Crippen LogP contribution < -0.4 is 0 Å². The largest absolute Gasteiger partial charge is 3.00 e. The van der Waals surface area contributed by atoms with Crippen LogP contribution in [-0.2, 0) is 17.1 Å². The second kappa shape index (κ2) is 14.0. The molecule has 0 amide bonds. The van der Waals surface area contributed by atoms with Gasteiger partial charge in [0.25, 0.3) is 0 Å². The summed E-state index contributed by atoms with van der Waals surface area (Å²) in [5, 5.41) is 0.